The van der Waals surface area contributed by atoms with Crippen LogP contribution in [0.1, 0.15) is 11.3 Å². The van der Waals surface area contributed by atoms with Crippen LogP contribution in [0, 0.1) is 0 Å². The molecule has 4 heteroatoms. The predicted molar refractivity (Wildman–Crippen MR) is 87.6 cm³/mol. The van der Waals surface area contributed by atoms with Crippen molar-refractivity contribution < 1.29 is 4.79 Å². The van der Waals surface area contributed by atoms with E-state index in [0.717, 1.165) is 24.4 Å². The van der Waals surface area contributed by atoms with Crippen LogP contribution in [0.25, 0.3) is 10.9 Å². The van der Waals surface area contributed by atoms with Crippen LogP contribution < -0.4 is 5.32 Å². The Labute approximate surface area is 128 Å². The van der Waals surface area contributed by atoms with Crippen LogP contribution in [0.3, 0.4) is 0 Å². The van der Waals surface area contributed by atoms with Gasteiger partial charge in [0, 0.05) is 29.7 Å². The van der Waals surface area contributed by atoms with Crippen molar-refractivity contribution in [3.63, 3.8) is 0 Å². The van der Waals surface area contributed by atoms with Crippen LogP contribution in [-0.4, -0.2) is 17.0 Å². The maximum absolute atomic E-state index is 11.8. The van der Waals surface area contributed by atoms with Gasteiger partial charge in [0.2, 0.25) is 5.91 Å². The normalized spacial score (nSPS) is 10.9. The number of amides is 1. The Morgan fingerprint density at radius 1 is 1.14 bits per heavy atom. The zero-order valence-corrected chi connectivity index (χ0v) is 12.6. The van der Waals surface area contributed by atoms with Crippen LogP contribution in [0.4, 0.5) is 0 Å². The van der Waals surface area contributed by atoms with Crippen molar-refractivity contribution in [2.75, 3.05) is 6.54 Å². The second kappa shape index (κ2) is 6.59. The molecule has 1 aromatic carbocycles. The van der Waals surface area contributed by atoms with Crippen LogP contribution in [0.15, 0.2) is 54.0 Å². The van der Waals surface area contributed by atoms with E-state index in [0.29, 0.717) is 6.42 Å². The first kappa shape index (κ1) is 13.9. The first-order chi connectivity index (χ1) is 10.3. The number of aromatic nitrogens is 1. The lowest BCUT2D eigenvalue weighted by atomic mass is 10.2. The van der Waals surface area contributed by atoms with E-state index in [1.807, 2.05) is 17.5 Å². The molecule has 2 aromatic heterocycles. The maximum atomic E-state index is 11.8. The zero-order valence-electron chi connectivity index (χ0n) is 11.8. The third-order valence-corrected chi connectivity index (χ3v) is 4.37. The first-order valence-corrected chi connectivity index (χ1v) is 8.04. The molecule has 0 atom stereocenters. The topological polar surface area (TPSA) is 34.0 Å². The molecule has 0 aliphatic carbocycles. The Balaban J connectivity index is 1.45. The average Bonchev–Trinajstić information content (AvgIpc) is 3.13. The molecule has 0 aliphatic rings. The molecule has 0 unspecified atom stereocenters. The Morgan fingerprint density at radius 3 is 2.90 bits per heavy atom. The molecule has 2 heterocycles. The molecule has 0 fully saturated rings. The number of nitrogens with one attached hydrogen (secondary N) is 1. The molecule has 3 aromatic rings. The van der Waals surface area contributed by atoms with E-state index in [4.69, 9.17) is 0 Å². The molecule has 0 bridgehead atoms. The molecule has 3 nitrogen and oxygen atoms in total. The van der Waals surface area contributed by atoms with Gasteiger partial charge in [-0.1, -0.05) is 24.3 Å². The van der Waals surface area contributed by atoms with Gasteiger partial charge in [-0.05, 0) is 35.4 Å². The van der Waals surface area contributed by atoms with E-state index in [-0.39, 0.29) is 5.91 Å². The van der Waals surface area contributed by atoms with Gasteiger partial charge in [-0.15, -0.1) is 11.3 Å². The van der Waals surface area contributed by atoms with Crippen LogP contribution in [0.2, 0.25) is 0 Å². The lowest BCUT2D eigenvalue weighted by Gasteiger charge is -2.07. The van der Waals surface area contributed by atoms with Gasteiger partial charge in [-0.25, -0.2) is 0 Å². The summed E-state index contributed by atoms with van der Waals surface area (Å²) in [4.78, 5) is 12.9. The summed E-state index contributed by atoms with van der Waals surface area (Å²) in [6, 6.07) is 14.5. The number of thiophene rings is 1. The molecule has 0 saturated heterocycles. The van der Waals surface area contributed by atoms with Gasteiger partial charge in [-0.2, -0.15) is 0 Å². The second-order valence-corrected chi connectivity index (χ2v) is 6.06. The minimum absolute atomic E-state index is 0.106. The molecule has 0 aliphatic heterocycles. The number of benzene rings is 1. The van der Waals surface area contributed by atoms with Crippen LogP contribution >= 0.6 is 11.3 Å². The molecule has 3 rings (SSSR count). The number of aryl methyl sites for hydroxylation is 1. The van der Waals surface area contributed by atoms with Crippen LogP contribution in [0.5, 0.6) is 0 Å². The molecule has 0 spiro atoms. The smallest absolute Gasteiger partial charge is 0.225 e. The van der Waals surface area contributed by atoms with Crippen molar-refractivity contribution in [2.45, 2.75) is 19.4 Å². The highest BCUT2D eigenvalue weighted by Crippen LogP contribution is 2.15. The largest absolute Gasteiger partial charge is 0.356 e. The number of nitrogens with zero attached hydrogens (tertiary/aromatic N) is 1. The Morgan fingerprint density at radius 2 is 2.05 bits per heavy atom. The molecule has 108 valence electrons. The number of fused-ring (bicyclic) bond motifs is 1. The molecule has 1 amide bonds. The van der Waals surface area contributed by atoms with E-state index < -0.39 is 0 Å². The van der Waals surface area contributed by atoms with Gasteiger partial charge >= 0.3 is 0 Å². The number of rotatable bonds is 6. The molecule has 21 heavy (non-hydrogen) atoms. The number of para-hydroxylation sites is 1. The summed E-state index contributed by atoms with van der Waals surface area (Å²) in [5.41, 5.74) is 1.25. The summed E-state index contributed by atoms with van der Waals surface area (Å²) in [5, 5.41) is 6.25. The van der Waals surface area contributed by atoms with Crippen molar-refractivity contribution in [3.05, 3.63) is 58.9 Å². The molecular weight excluding hydrogens is 280 g/mol. The summed E-state index contributed by atoms with van der Waals surface area (Å²) in [5.74, 6) is 0.106. The fourth-order valence-electron chi connectivity index (χ4n) is 2.45. The zero-order chi connectivity index (χ0) is 14.5. The third kappa shape index (κ3) is 3.52. The van der Waals surface area contributed by atoms with E-state index >= 15 is 0 Å². The first-order valence-electron chi connectivity index (χ1n) is 7.16. The van der Waals surface area contributed by atoms with Crippen LogP contribution in [-0.2, 0) is 17.8 Å². The fourth-order valence-corrected chi connectivity index (χ4v) is 3.15. The summed E-state index contributed by atoms with van der Waals surface area (Å²) in [6.07, 6.45) is 3.54. The third-order valence-electron chi connectivity index (χ3n) is 3.49. The number of hydrogen-bond acceptors (Lipinski definition) is 2. The lowest BCUT2D eigenvalue weighted by Crippen LogP contribution is -2.26. The molecule has 1 N–H and O–H groups in total. The van der Waals surface area contributed by atoms with Gasteiger partial charge in [0.05, 0.1) is 6.42 Å². The summed E-state index contributed by atoms with van der Waals surface area (Å²) < 4.78 is 2.24. The molecule has 0 saturated carbocycles. The Kier molecular flexibility index (Phi) is 4.36. The summed E-state index contributed by atoms with van der Waals surface area (Å²) >= 11 is 1.62. The molecule has 0 radical (unpaired) electrons. The van der Waals surface area contributed by atoms with E-state index in [9.17, 15) is 4.79 Å². The number of carbonyl (C=O) groups is 1. The van der Waals surface area contributed by atoms with Crippen molar-refractivity contribution in [1.29, 1.82) is 0 Å². The average molecular weight is 298 g/mol. The number of hydrogen-bond donors (Lipinski definition) is 1. The van der Waals surface area contributed by atoms with E-state index in [1.54, 1.807) is 11.3 Å². The van der Waals surface area contributed by atoms with Gasteiger partial charge < -0.3 is 9.88 Å². The standard InChI is InChI=1S/C17H18N2OS/c20-17(13-15-6-3-12-21-15)18-9-4-10-19-11-8-14-5-1-2-7-16(14)19/h1-3,5-8,11-12H,4,9-10,13H2,(H,18,20). The highest BCUT2D eigenvalue weighted by atomic mass is 32.1. The summed E-state index contributed by atoms with van der Waals surface area (Å²) in [7, 11) is 0. The Bertz CT molecular complexity index is 715. The van der Waals surface area contributed by atoms with Gasteiger partial charge in [-0.3, -0.25) is 4.79 Å². The minimum Gasteiger partial charge on any atom is -0.356 e. The highest BCUT2D eigenvalue weighted by Gasteiger charge is 2.04. The Hall–Kier alpha value is -2.07. The monoisotopic (exact) mass is 298 g/mol. The molecular formula is C17H18N2OS. The van der Waals surface area contributed by atoms with Crippen molar-refractivity contribution >= 4 is 28.1 Å². The predicted octanol–water partition coefficient (Wildman–Crippen LogP) is 3.45. The highest BCUT2D eigenvalue weighted by molar-refractivity contribution is 7.10. The SMILES string of the molecule is O=C(Cc1cccs1)NCCCn1ccc2ccccc21. The van der Waals surface area contributed by atoms with Gasteiger partial charge in [0.1, 0.15) is 0 Å². The van der Waals surface area contributed by atoms with E-state index in [1.165, 1.54) is 10.9 Å². The van der Waals surface area contributed by atoms with Crippen molar-refractivity contribution in [3.8, 4) is 0 Å². The van der Waals surface area contributed by atoms with Gasteiger partial charge in [0.15, 0.2) is 0 Å². The fraction of sp³-hybridized carbons (Fsp3) is 0.235. The maximum Gasteiger partial charge on any atom is 0.225 e. The van der Waals surface area contributed by atoms with Gasteiger partial charge in [0.25, 0.3) is 0 Å². The van der Waals surface area contributed by atoms with E-state index in [2.05, 4.69) is 46.4 Å². The number of carbonyl (C=O) groups excluding carboxylic acids is 1. The lowest BCUT2D eigenvalue weighted by molar-refractivity contribution is -0.120. The van der Waals surface area contributed by atoms with Crippen molar-refractivity contribution in [1.82, 2.24) is 9.88 Å². The summed E-state index contributed by atoms with van der Waals surface area (Å²) in [6.45, 7) is 1.64. The second-order valence-electron chi connectivity index (χ2n) is 5.03. The van der Waals surface area contributed by atoms with Crippen molar-refractivity contribution in [2.24, 2.45) is 0 Å². The minimum atomic E-state index is 0.106. The quantitative estimate of drug-likeness (QED) is 0.695.